The van der Waals surface area contributed by atoms with Gasteiger partial charge in [0.25, 0.3) is 11.8 Å². The highest BCUT2D eigenvalue weighted by Crippen LogP contribution is 2.42. The van der Waals surface area contributed by atoms with Gasteiger partial charge in [0.05, 0.1) is 15.5 Å². The molecule has 0 unspecified atom stereocenters. The zero-order valence-corrected chi connectivity index (χ0v) is 16.4. The number of nitrogens with one attached hydrogen (secondary N) is 2. The van der Waals surface area contributed by atoms with Crippen molar-refractivity contribution in [1.82, 2.24) is 10.6 Å². The molecule has 0 atom stereocenters. The molecule has 142 valence electrons. The fraction of sp³-hybridized carbons (Fsp3) is 0.143. The summed E-state index contributed by atoms with van der Waals surface area (Å²) >= 11 is 7.46. The number of benzene rings is 2. The molecular weight excluding hydrogens is 396 g/mol. The van der Waals surface area contributed by atoms with Gasteiger partial charge in [0.1, 0.15) is 12.4 Å². The molecule has 4 rings (SSSR count). The van der Waals surface area contributed by atoms with Gasteiger partial charge in [-0.25, -0.2) is 0 Å². The summed E-state index contributed by atoms with van der Waals surface area (Å²) in [6.45, 7) is 1.10. The molecule has 2 aromatic carbocycles. The minimum atomic E-state index is -0.264. The van der Waals surface area contributed by atoms with Gasteiger partial charge in [-0.15, -0.1) is 11.3 Å². The van der Waals surface area contributed by atoms with Crippen molar-refractivity contribution in [2.24, 2.45) is 0 Å². The summed E-state index contributed by atoms with van der Waals surface area (Å²) in [5.41, 5.74) is 2.45. The van der Waals surface area contributed by atoms with E-state index in [0.29, 0.717) is 35.2 Å². The smallest absolute Gasteiger partial charge is 0.261 e. The normalized spacial score (nSPS) is 11.8. The standard InChI is InChI=1S/C21H17ClN2O3S/c22-16-7-3-1-5-14(16)20(25)23-9-10-24-21(26)18-11-13-12-27-17-8-4-2-6-15(17)19(13)28-18/h1-8,11H,9-10,12H2,(H,23,25)(H,24,26). The van der Waals surface area contributed by atoms with E-state index in [1.807, 2.05) is 30.3 Å². The van der Waals surface area contributed by atoms with E-state index in [9.17, 15) is 9.59 Å². The highest BCUT2D eigenvalue weighted by molar-refractivity contribution is 7.17. The van der Waals surface area contributed by atoms with Crippen molar-refractivity contribution < 1.29 is 14.3 Å². The molecule has 0 saturated carbocycles. The second-order valence-corrected chi connectivity index (χ2v) is 7.70. The van der Waals surface area contributed by atoms with Crippen molar-refractivity contribution in [3.63, 3.8) is 0 Å². The van der Waals surface area contributed by atoms with Gasteiger partial charge >= 0.3 is 0 Å². The lowest BCUT2D eigenvalue weighted by molar-refractivity contribution is 0.0929. The van der Waals surface area contributed by atoms with Crippen LogP contribution in [0.1, 0.15) is 25.6 Å². The number of ether oxygens (including phenoxy) is 1. The van der Waals surface area contributed by atoms with Gasteiger partial charge in [-0.3, -0.25) is 9.59 Å². The Morgan fingerprint density at radius 2 is 1.71 bits per heavy atom. The number of carbonyl (C=O) groups excluding carboxylic acids is 2. The van der Waals surface area contributed by atoms with Crippen LogP contribution in [0.3, 0.4) is 0 Å². The molecule has 1 aromatic heterocycles. The number of halogens is 1. The molecule has 2 heterocycles. The third kappa shape index (κ3) is 3.74. The van der Waals surface area contributed by atoms with Crippen LogP contribution >= 0.6 is 22.9 Å². The minimum Gasteiger partial charge on any atom is -0.488 e. The summed E-state index contributed by atoms with van der Waals surface area (Å²) in [6, 6.07) is 16.5. The lowest BCUT2D eigenvalue weighted by Gasteiger charge is -2.16. The van der Waals surface area contributed by atoms with Crippen LogP contribution in [-0.4, -0.2) is 24.9 Å². The van der Waals surface area contributed by atoms with Crippen molar-refractivity contribution in [1.29, 1.82) is 0 Å². The van der Waals surface area contributed by atoms with Gasteiger partial charge in [-0.05, 0) is 30.3 Å². The van der Waals surface area contributed by atoms with E-state index in [4.69, 9.17) is 16.3 Å². The summed E-state index contributed by atoms with van der Waals surface area (Å²) in [7, 11) is 0. The van der Waals surface area contributed by atoms with Crippen molar-refractivity contribution in [3.05, 3.63) is 75.6 Å². The number of hydrogen-bond donors (Lipinski definition) is 2. The average Bonchev–Trinajstić information content (AvgIpc) is 3.16. The molecule has 1 aliphatic rings. The number of thiophene rings is 1. The molecule has 2 N–H and O–H groups in total. The largest absolute Gasteiger partial charge is 0.488 e. The first-order valence-corrected chi connectivity index (χ1v) is 9.99. The quantitative estimate of drug-likeness (QED) is 0.619. The molecule has 0 spiro atoms. The Kier molecular flexibility index (Phi) is 5.32. The molecule has 7 heteroatoms. The first-order valence-electron chi connectivity index (χ1n) is 8.79. The lowest BCUT2D eigenvalue weighted by Crippen LogP contribution is -2.34. The zero-order valence-electron chi connectivity index (χ0n) is 14.8. The second-order valence-electron chi connectivity index (χ2n) is 6.24. The highest BCUT2D eigenvalue weighted by atomic mass is 35.5. The SMILES string of the molecule is O=C(NCCNC(=O)c1ccccc1Cl)c1cc2c(s1)-c1ccccc1OC2. The first kappa shape index (κ1) is 18.5. The van der Waals surface area contributed by atoms with Crippen molar-refractivity contribution >= 4 is 34.8 Å². The van der Waals surface area contributed by atoms with E-state index in [0.717, 1.165) is 21.8 Å². The van der Waals surface area contributed by atoms with E-state index >= 15 is 0 Å². The number of hydrogen-bond acceptors (Lipinski definition) is 4. The van der Waals surface area contributed by atoms with Gasteiger partial charge in [-0.2, -0.15) is 0 Å². The Hall–Kier alpha value is -2.83. The first-order chi connectivity index (χ1) is 13.6. The zero-order chi connectivity index (χ0) is 19.5. The van der Waals surface area contributed by atoms with Gasteiger partial charge in [0.15, 0.2) is 0 Å². The summed E-state index contributed by atoms with van der Waals surface area (Å²) < 4.78 is 5.74. The maximum Gasteiger partial charge on any atom is 0.261 e. The van der Waals surface area contributed by atoms with Crippen LogP contribution in [0.25, 0.3) is 10.4 Å². The van der Waals surface area contributed by atoms with E-state index in [-0.39, 0.29) is 11.8 Å². The fourth-order valence-corrected chi connectivity index (χ4v) is 4.33. The molecule has 0 bridgehead atoms. The molecular formula is C21H17ClN2O3S. The number of carbonyl (C=O) groups is 2. The molecule has 3 aromatic rings. The monoisotopic (exact) mass is 412 g/mol. The Morgan fingerprint density at radius 1 is 1.00 bits per heavy atom. The maximum atomic E-state index is 12.5. The Balaban J connectivity index is 1.34. The topological polar surface area (TPSA) is 67.4 Å². The predicted molar refractivity (Wildman–Crippen MR) is 110 cm³/mol. The Morgan fingerprint density at radius 3 is 2.54 bits per heavy atom. The van der Waals surface area contributed by atoms with Crippen LogP contribution in [0.15, 0.2) is 54.6 Å². The van der Waals surface area contributed by atoms with Gasteiger partial charge < -0.3 is 15.4 Å². The average molecular weight is 413 g/mol. The molecule has 28 heavy (non-hydrogen) atoms. The number of fused-ring (bicyclic) bond motifs is 3. The predicted octanol–water partition coefficient (Wildman–Crippen LogP) is 4.12. The summed E-state index contributed by atoms with van der Waals surface area (Å²) in [4.78, 5) is 26.3. The van der Waals surface area contributed by atoms with Gasteiger partial charge in [-0.1, -0.05) is 35.9 Å². The van der Waals surface area contributed by atoms with E-state index in [1.54, 1.807) is 24.3 Å². The molecule has 1 aliphatic heterocycles. The van der Waals surface area contributed by atoms with Crippen LogP contribution in [-0.2, 0) is 6.61 Å². The van der Waals surface area contributed by atoms with Crippen molar-refractivity contribution in [3.8, 4) is 16.2 Å². The fourth-order valence-electron chi connectivity index (χ4n) is 2.99. The summed E-state index contributed by atoms with van der Waals surface area (Å²) in [5, 5.41) is 5.99. The number of para-hydroxylation sites is 1. The molecule has 0 aliphatic carbocycles. The highest BCUT2D eigenvalue weighted by Gasteiger charge is 2.22. The van der Waals surface area contributed by atoms with Crippen molar-refractivity contribution in [2.75, 3.05) is 13.1 Å². The Bertz CT molecular complexity index is 1050. The third-order valence-corrected chi connectivity index (χ3v) is 5.90. The maximum absolute atomic E-state index is 12.5. The van der Waals surface area contributed by atoms with Crippen LogP contribution in [0.5, 0.6) is 5.75 Å². The van der Waals surface area contributed by atoms with Crippen LogP contribution in [0.4, 0.5) is 0 Å². The molecule has 0 radical (unpaired) electrons. The lowest BCUT2D eigenvalue weighted by atomic mass is 10.1. The summed E-state index contributed by atoms with van der Waals surface area (Å²) in [6.07, 6.45) is 0. The number of rotatable bonds is 5. The van der Waals surface area contributed by atoms with Gasteiger partial charge in [0.2, 0.25) is 0 Å². The van der Waals surface area contributed by atoms with Crippen LogP contribution in [0, 0.1) is 0 Å². The third-order valence-electron chi connectivity index (χ3n) is 4.36. The van der Waals surface area contributed by atoms with E-state index in [2.05, 4.69) is 10.6 Å². The van der Waals surface area contributed by atoms with E-state index < -0.39 is 0 Å². The Labute approximate surface area is 171 Å². The van der Waals surface area contributed by atoms with E-state index in [1.165, 1.54) is 11.3 Å². The second kappa shape index (κ2) is 8.04. The minimum absolute atomic E-state index is 0.163. The van der Waals surface area contributed by atoms with Crippen LogP contribution < -0.4 is 15.4 Å². The van der Waals surface area contributed by atoms with Gasteiger partial charge in [0, 0.05) is 29.1 Å². The van der Waals surface area contributed by atoms with Crippen molar-refractivity contribution in [2.45, 2.75) is 6.61 Å². The molecule has 0 fully saturated rings. The van der Waals surface area contributed by atoms with Crippen LogP contribution in [0.2, 0.25) is 5.02 Å². The number of amides is 2. The molecule has 0 saturated heterocycles. The molecule has 5 nitrogen and oxygen atoms in total. The molecule has 2 amide bonds. The summed E-state index contributed by atoms with van der Waals surface area (Å²) in [5.74, 6) is 0.412.